The summed E-state index contributed by atoms with van der Waals surface area (Å²) in [5, 5.41) is 4.93. The Balaban J connectivity index is 1.72. The molecule has 1 saturated carbocycles. The molecule has 0 radical (unpaired) electrons. The molecule has 17 heavy (non-hydrogen) atoms. The van der Waals surface area contributed by atoms with E-state index in [0.717, 1.165) is 11.5 Å². The Morgan fingerprint density at radius 1 is 1.41 bits per heavy atom. The third kappa shape index (κ3) is 2.67. The quantitative estimate of drug-likeness (QED) is 0.778. The molecule has 1 aliphatic carbocycles. The minimum absolute atomic E-state index is 0.562. The third-order valence-electron chi connectivity index (χ3n) is 3.08. The molecule has 0 aliphatic heterocycles. The highest BCUT2D eigenvalue weighted by molar-refractivity contribution is 6.30. The number of hydrogen-bond donors (Lipinski definition) is 0. The fourth-order valence-electron chi connectivity index (χ4n) is 1.97. The molecule has 0 unspecified atom stereocenters. The second-order valence-electron chi connectivity index (χ2n) is 4.65. The van der Waals surface area contributed by atoms with Crippen LogP contribution in [-0.4, -0.2) is 14.8 Å². The minimum atomic E-state index is 0.562. The summed E-state index contributed by atoms with van der Waals surface area (Å²) >= 11 is 6.02. The molecule has 1 fully saturated rings. The maximum Gasteiger partial charge on any atom is 0.134 e. The molecule has 0 amide bonds. The highest BCUT2D eigenvalue weighted by Crippen LogP contribution is 2.32. The SMILES string of the molecule is Clc1ncccc1Cn1cc(CC2CC2)cn1. The van der Waals surface area contributed by atoms with Crippen LogP contribution in [0.1, 0.15) is 24.0 Å². The number of pyridine rings is 1. The van der Waals surface area contributed by atoms with Crippen molar-refractivity contribution < 1.29 is 0 Å². The third-order valence-corrected chi connectivity index (χ3v) is 3.42. The first-order valence-corrected chi connectivity index (χ1v) is 6.30. The van der Waals surface area contributed by atoms with Crippen LogP contribution in [0.2, 0.25) is 5.15 Å². The summed E-state index contributed by atoms with van der Waals surface area (Å²) in [4.78, 5) is 4.06. The second-order valence-corrected chi connectivity index (χ2v) is 5.01. The van der Waals surface area contributed by atoms with Crippen molar-refractivity contribution in [3.63, 3.8) is 0 Å². The molecule has 4 heteroatoms. The van der Waals surface area contributed by atoms with E-state index in [1.807, 2.05) is 23.0 Å². The molecule has 0 spiro atoms. The predicted molar refractivity (Wildman–Crippen MR) is 67.0 cm³/mol. The minimum Gasteiger partial charge on any atom is -0.268 e. The van der Waals surface area contributed by atoms with Crippen molar-refractivity contribution in [3.8, 4) is 0 Å². The van der Waals surface area contributed by atoms with Gasteiger partial charge in [0, 0.05) is 18.0 Å². The molecule has 3 nitrogen and oxygen atoms in total. The molecule has 0 N–H and O–H groups in total. The normalized spacial score (nSPS) is 15.1. The van der Waals surface area contributed by atoms with E-state index in [1.54, 1.807) is 6.20 Å². The van der Waals surface area contributed by atoms with Crippen molar-refractivity contribution in [2.45, 2.75) is 25.8 Å². The summed E-state index contributed by atoms with van der Waals surface area (Å²) in [5.74, 6) is 0.898. The van der Waals surface area contributed by atoms with E-state index in [2.05, 4.69) is 16.3 Å². The molecule has 2 aromatic heterocycles. The van der Waals surface area contributed by atoms with Crippen LogP contribution in [0, 0.1) is 5.92 Å². The zero-order valence-corrected chi connectivity index (χ0v) is 10.3. The zero-order valence-electron chi connectivity index (χ0n) is 9.51. The summed E-state index contributed by atoms with van der Waals surface area (Å²) in [7, 11) is 0. The highest BCUT2D eigenvalue weighted by Gasteiger charge is 2.21. The van der Waals surface area contributed by atoms with Gasteiger partial charge >= 0.3 is 0 Å². The van der Waals surface area contributed by atoms with E-state index in [9.17, 15) is 0 Å². The van der Waals surface area contributed by atoms with E-state index in [4.69, 9.17) is 11.6 Å². The van der Waals surface area contributed by atoms with Crippen molar-refractivity contribution in [1.29, 1.82) is 0 Å². The van der Waals surface area contributed by atoms with Gasteiger partial charge in [-0.2, -0.15) is 5.10 Å². The van der Waals surface area contributed by atoms with E-state index in [0.29, 0.717) is 11.7 Å². The van der Waals surface area contributed by atoms with Crippen LogP contribution in [0.5, 0.6) is 0 Å². The molecule has 88 valence electrons. The number of aromatic nitrogens is 3. The van der Waals surface area contributed by atoms with Crippen LogP contribution in [0.25, 0.3) is 0 Å². The Hall–Kier alpha value is -1.35. The average molecular weight is 248 g/mol. The van der Waals surface area contributed by atoms with E-state index < -0.39 is 0 Å². The van der Waals surface area contributed by atoms with E-state index in [-0.39, 0.29) is 0 Å². The lowest BCUT2D eigenvalue weighted by molar-refractivity contribution is 0.683. The van der Waals surface area contributed by atoms with Gasteiger partial charge in [-0.15, -0.1) is 0 Å². The van der Waals surface area contributed by atoms with Crippen LogP contribution < -0.4 is 0 Å². The zero-order chi connectivity index (χ0) is 11.7. The van der Waals surface area contributed by atoms with Crippen molar-refractivity contribution in [2.75, 3.05) is 0 Å². The number of nitrogens with zero attached hydrogens (tertiary/aromatic N) is 3. The molecule has 0 bridgehead atoms. The smallest absolute Gasteiger partial charge is 0.134 e. The van der Waals surface area contributed by atoms with E-state index in [1.165, 1.54) is 24.8 Å². The Kier molecular flexibility index (Phi) is 2.85. The number of hydrogen-bond acceptors (Lipinski definition) is 2. The summed E-state index contributed by atoms with van der Waals surface area (Å²) < 4.78 is 1.93. The summed E-state index contributed by atoms with van der Waals surface area (Å²) in [5.41, 5.74) is 2.34. The van der Waals surface area contributed by atoms with Gasteiger partial charge < -0.3 is 0 Å². The maximum absolute atomic E-state index is 6.02. The van der Waals surface area contributed by atoms with Gasteiger partial charge in [-0.25, -0.2) is 4.98 Å². The molecule has 0 saturated heterocycles. The first-order chi connectivity index (χ1) is 8.31. The van der Waals surface area contributed by atoms with Crippen molar-refractivity contribution in [2.24, 2.45) is 5.92 Å². The van der Waals surface area contributed by atoms with Gasteiger partial charge in [-0.05, 0) is 36.8 Å². The average Bonchev–Trinajstić information content (AvgIpc) is 3.02. The van der Waals surface area contributed by atoms with Gasteiger partial charge in [-0.1, -0.05) is 17.7 Å². The molecular weight excluding hydrogens is 234 g/mol. The van der Waals surface area contributed by atoms with Gasteiger partial charge in [0.15, 0.2) is 0 Å². The lowest BCUT2D eigenvalue weighted by Crippen LogP contribution is -2.01. The first-order valence-electron chi connectivity index (χ1n) is 5.92. The summed E-state index contributed by atoms with van der Waals surface area (Å²) in [6.07, 6.45) is 9.69. The van der Waals surface area contributed by atoms with Gasteiger partial charge in [-0.3, -0.25) is 4.68 Å². The lowest BCUT2D eigenvalue weighted by atomic mass is 10.2. The van der Waals surface area contributed by atoms with Gasteiger partial charge in [0.1, 0.15) is 5.15 Å². The molecule has 0 aromatic carbocycles. The lowest BCUT2D eigenvalue weighted by Gasteiger charge is -2.02. The fourth-order valence-corrected chi connectivity index (χ4v) is 2.14. The van der Waals surface area contributed by atoms with Crippen LogP contribution in [0.15, 0.2) is 30.7 Å². The van der Waals surface area contributed by atoms with Crippen molar-refractivity contribution >= 4 is 11.6 Å². The molecule has 1 aliphatic rings. The van der Waals surface area contributed by atoms with Gasteiger partial charge in [0.05, 0.1) is 12.7 Å². The second kappa shape index (κ2) is 4.49. The standard InChI is InChI=1S/C13H14ClN3/c14-13-12(2-1-5-15-13)9-17-8-11(7-16-17)6-10-3-4-10/h1-2,5,7-8,10H,3-4,6,9H2. The van der Waals surface area contributed by atoms with Crippen LogP contribution >= 0.6 is 11.6 Å². The van der Waals surface area contributed by atoms with Crippen molar-refractivity contribution in [3.05, 3.63) is 47.0 Å². The number of rotatable bonds is 4. The Morgan fingerprint density at radius 3 is 3.06 bits per heavy atom. The Bertz CT molecular complexity index is 517. The Morgan fingerprint density at radius 2 is 2.29 bits per heavy atom. The van der Waals surface area contributed by atoms with Gasteiger partial charge in [0.2, 0.25) is 0 Å². The summed E-state index contributed by atoms with van der Waals surface area (Å²) in [6, 6.07) is 3.88. The highest BCUT2D eigenvalue weighted by atomic mass is 35.5. The predicted octanol–water partition coefficient (Wildman–Crippen LogP) is 2.93. The van der Waals surface area contributed by atoms with Crippen LogP contribution in [0.4, 0.5) is 0 Å². The topological polar surface area (TPSA) is 30.7 Å². The number of halogens is 1. The monoisotopic (exact) mass is 247 g/mol. The largest absolute Gasteiger partial charge is 0.268 e. The fraction of sp³-hybridized carbons (Fsp3) is 0.385. The summed E-state index contributed by atoms with van der Waals surface area (Å²) in [6.45, 7) is 0.692. The molecule has 2 aromatic rings. The molecular formula is C13H14ClN3. The maximum atomic E-state index is 6.02. The van der Waals surface area contributed by atoms with Gasteiger partial charge in [0.25, 0.3) is 0 Å². The van der Waals surface area contributed by atoms with E-state index >= 15 is 0 Å². The first kappa shape index (κ1) is 10.8. The molecule has 3 rings (SSSR count). The Labute approximate surface area is 105 Å². The van der Waals surface area contributed by atoms with Crippen molar-refractivity contribution in [1.82, 2.24) is 14.8 Å². The van der Waals surface area contributed by atoms with Crippen LogP contribution in [-0.2, 0) is 13.0 Å². The van der Waals surface area contributed by atoms with Crippen LogP contribution in [0.3, 0.4) is 0 Å². The molecule has 2 heterocycles. The molecule has 0 atom stereocenters.